The number of ether oxygens (including phenoxy) is 4. The lowest BCUT2D eigenvalue weighted by atomic mass is 10.1. The highest BCUT2D eigenvalue weighted by Crippen LogP contribution is 2.33. The van der Waals surface area contributed by atoms with Crippen LogP contribution < -0.4 is 24.8 Å². The van der Waals surface area contributed by atoms with Gasteiger partial charge in [-0.15, -0.1) is 24.0 Å². The Bertz CT molecular complexity index is 864. The first-order valence-electron chi connectivity index (χ1n) is 9.79. The van der Waals surface area contributed by atoms with Crippen molar-refractivity contribution in [1.82, 2.24) is 25.4 Å². The van der Waals surface area contributed by atoms with Crippen molar-refractivity contribution in [3.63, 3.8) is 0 Å². The predicted molar refractivity (Wildman–Crippen MR) is 128 cm³/mol. The van der Waals surface area contributed by atoms with Gasteiger partial charge in [0.1, 0.15) is 29.7 Å². The number of hydrogen-bond acceptors (Lipinski definition) is 7. The lowest BCUT2D eigenvalue weighted by molar-refractivity contribution is 0.177. The van der Waals surface area contributed by atoms with E-state index in [1.165, 1.54) is 0 Å². The minimum atomic E-state index is 0. The SMILES string of the molecule is CN=C(NCc1c(OC)cc(OC)cc1OC)NC1CCc2nc(COC)nn2C1.I. The molecule has 0 bridgehead atoms. The zero-order valence-corrected chi connectivity index (χ0v) is 20.9. The molecule has 1 atom stereocenters. The van der Waals surface area contributed by atoms with Crippen molar-refractivity contribution in [1.29, 1.82) is 0 Å². The summed E-state index contributed by atoms with van der Waals surface area (Å²) in [7, 11) is 8.26. The van der Waals surface area contributed by atoms with Crippen LogP contribution in [0.3, 0.4) is 0 Å². The van der Waals surface area contributed by atoms with Gasteiger partial charge >= 0.3 is 0 Å². The molecule has 2 N–H and O–H groups in total. The standard InChI is InChI=1S/C20H30N6O4.HI/c1-21-20(22-10-15-16(29-4)8-14(28-3)9-17(15)30-5)23-13-6-7-19-24-18(12-27-2)25-26(19)11-13;/h8-9,13H,6-7,10-12H2,1-5H3,(H2,21,22,23);1H. The number of aromatic nitrogens is 3. The van der Waals surface area contributed by atoms with Crippen LogP contribution in [0.15, 0.2) is 17.1 Å². The van der Waals surface area contributed by atoms with Crippen LogP contribution in [0.5, 0.6) is 17.2 Å². The Morgan fingerprint density at radius 3 is 2.45 bits per heavy atom. The van der Waals surface area contributed by atoms with Gasteiger partial charge in [-0.3, -0.25) is 4.99 Å². The van der Waals surface area contributed by atoms with E-state index in [0.29, 0.717) is 42.2 Å². The van der Waals surface area contributed by atoms with Crippen molar-refractivity contribution >= 4 is 29.9 Å². The highest BCUT2D eigenvalue weighted by Gasteiger charge is 2.22. The summed E-state index contributed by atoms with van der Waals surface area (Å²) in [6.45, 7) is 1.63. The molecule has 172 valence electrons. The number of rotatable bonds is 8. The number of nitrogens with zero attached hydrogens (tertiary/aromatic N) is 4. The number of fused-ring (bicyclic) bond motifs is 1. The number of guanidine groups is 1. The molecule has 1 aromatic heterocycles. The fourth-order valence-corrected chi connectivity index (χ4v) is 3.48. The van der Waals surface area contributed by atoms with Crippen LogP contribution in [0.1, 0.15) is 23.6 Å². The second kappa shape index (κ2) is 11.9. The number of halogens is 1. The van der Waals surface area contributed by atoms with Gasteiger partial charge in [0, 0.05) is 38.8 Å². The second-order valence-electron chi connectivity index (χ2n) is 6.88. The molecular weight excluding hydrogens is 515 g/mol. The summed E-state index contributed by atoms with van der Waals surface area (Å²) in [5.41, 5.74) is 0.884. The molecule has 0 fully saturated rings. The number of benzene rings is 1. The smallest absolute Gasteiger partial charge is 0.191 e. The summed E-state index contributed by atoms with van der Waals surface area (Å²) >= 11 is 0. The van der Waals surface area contributed by atoms with E-state index >= 15 is 0 Å². The normalized spacial score (nSPS) is 15.5. The average Bonchev–Trinajstić information content (AvgIpc) is 3.17. The molecule has 2 heterocycles. The highest BCUT2D eigenvalue weighted by atomic mass is 127. The van der Waals surface area contributed by atoms with Crippen LogP contribution in [0.25, 0.3) is 0 Å². The van der Waals surface area contributed by atoms with Gasteiger partial charge < -0.3 is 29.6 Å². The Morgan fingerprint density at radius 2 is 1.87 bits per heavy atom. The van der Waals surface area contributed by atoms with Crippen molar-refractivity contribution in [2.24, 2.45) is 4.99 Å². The van der Waals surface area contributed by atoms with Crippen molar-refractivity contribution in [2.45, 2.75) is 38.6 Å². The molecule has 10 nitrogen and oxygen atoms in total. The fourth-order valence-electron chi connectivity index (χ4n) is 3.48. The molecule has 0 radical (unpaired) electrons. The van der Waals surface area contributed by atoms with E-state index in [0.717, 1.165) is 30.8 Å². The second-order valence-corrected chi connectivity index (χ2v) is 6.88. The maximum Gasteiger partial charge on any atom is 0.191 e. The van der Waals surface area contributed by atoms with E-state index < -0.39 is 0 Å². The summed E-state index contributed by atoms with van der Waals surface area (Å²) in [5, 5.41) is 11.3. The van der Waals surface area contributed by atoms with Gasteiger partial charge in [0.05, 0.1) is 40.0 Å². The van der Waals surface area contributed by atoms with Crippen molar-refractivity contribution in [2.75, 3.05) is 35.5 Å². The predicted octanol–water partition coefficient (Wildman–Crippen LogP) is 1.75. The summed E-state index contributed by atoms with van der Waals surface area (Å²) in [6, 6.07) is 3.86. The van der Waals surface area contributed by atoms with Gasteiger partial charge in [0.2, 0.25) is 0 Å². The molecular formula is C20H31IN6O4. The molecule has 1 aliphatic rings. The number of aryl methyl sites for hydroxylation is 1. The third-order valence-electron chi connectivity index (χ3n) is 4.99. The largest absolute Gasteiger partial charge is 0.496 e. The number of methoxy groups -OCH3 is 4. The molecule has 0 aliphatic carbocycles. The van der Waals surface area contributed by atoms with E-state index in [-0.39, 0.29) is 30.0 Å². The zero-order valence-electron chi connectivity index (χ0n) is 18.6. The van der Waals surface area contributed by atoms with Gasteiger partial charge in [-0.1, -0.05) is 0 Å². The van der Waals surface area contributed by atoms with E-state index in [4.69, 9.17) is 18.9 Å². The monoisotopic (exact) mass is 546 g/mol. The number of nitrogens with one attached hydrogen (secondary N) is 2. The van der Waals surface area contributed by atoms with Crippen LogP contribution in [-0.2, 0) is 30.9 Å². The number of aliphatic imine (C=N–C) groups is 1. The van der Waals surface area contributed by atoms with Crippen LogP contribution in [0.2, 0.25) is 0 Å². The molecule has 2 aromatic rings. The summed E-state index contributed by atoms with van der Waals surface area (Å²) < 4.78 is 23.4. The van der Waals surface area contributed by atoms with E-state index in [1.54, 1.807) is 35.5 Å². The van der Waals surface area contributed by atoms with Gasteiger partial charge in [-0.2, -0.15) is 5.10 Å². The van der Waals surface area contributed by atoms with E-state index in [1.807, 2.05) is 16.8 Å². The lowest BCUT2D eigenvalue weighted by Crippen LogP contribution is -2.46. The van der Waals surface area contributed by atoms with Crippen LogP contribution >= 0.6 is 24.0 Å². The summed E-state index contributed by atoms with van der Waals surface area (Å²) in [4.78, 5) is 8.87. The Labute approximate surface area is 199 Å². The Balaban J connectivity index is 0.00000341. The Morgan fingerprint density at radius 1 is 1.16 bits per heavy atom. The quantitative estimate of drug-likeness (QED) is 0.293. The maximum atomic E-state index is 5.52. The molecule has 0 saturated carbocycles. The third kappa shape index (κ3) is 6.12. The maximum absolute atomic E-state index is 5.52. The van der Waals surface area contributed by atoms with Gasteiger partial charge in [-0.25, -0.2) is 9.67 Å². The first-order chi connectivity index (χ1) is 14.6. The third-order valence-corrected chi connectivity index (χ3v) is 4.99. The lowest BCUT2D eigenvalue weighted by Gasteiger charge is -2.25. The van der Waals surface area contributed by atoms with Gasteiger partial charge in [-0.05, 0) is 6.42 Å². The molecule has 1 unspecified atom stereocenters. The molecule has 1 aromatic carbocycles. The van der Waals surface area contributed by atoms with Crippen LogP contribution in [0, 0.1) is 0 Å². The zero-order chi connectivity index (χ0) is 21.5. The topological polar surface area (TPSA) is 104 Å². The van der Waals surface area contributed by atoms with Crippen molar-refractivity contribution < 1.29 is 18.9 Å². The minimum Gasteiger partial charge on any atom is -0.496 e. The summed E-state index contributed by atoms with van der Waals surface area (Å²) in [6.07, 6.45) is 1.80. The molecule has 0 spiro atoms. The van der Waals surface area contributed by atoms with E-state index in [2.05, 4.69) is 25.7 Å². The highest BCUT2D eigenvalue weighted by molar-refractivity contribution is 14.0. The number of hydrogen-bond donors (Lipinski definition) is 2. The van der Waals surface area contributed by atoms with Gasteiger partial charge in [0.15, 0.2) is 11.8 Å². The fraction of sp³-hybridized carbons (Fsp3) is 0.550. The Kier molecular flexibility index (Phi) is 9.62. The molecule has 0 amide bonds. The molecule has 1 aliphatic heterocycles. The Hall–Kier alpha value is -2.28. The minimum absolute atomic E-state index is 0. The van der Waals surface area contributed by atoms with Crippen LogP contribution in [0.4, 0.5) is 0 Å². The summed E-state index contributed by atoms with van der Waals surface area (Å²) in [5.74, 6) is 4.45. The van der Waals surface area contributed by atoms with E-state index in [9.17, 15) is 0 Å². The van der Waals surface area contributed by atoms with Crippen LogP contribution in [-0.4, -0.2) is 62.3 Å². The molecule has 3 rings (SSSR count). The van der Waals surface area contributed by atoms with Crippen molar-refractivity contribution in [3.05, 3.63) is 29.3 Å². The van der Waals surface area contributed by atoms with Crippen molar-refractivity contribution in [3.8, 4) is 17.2 Å². The molecule has 0 saturated heterocycles. The molecule has 31 heavy (non-hydrogen) atoms. The average molecular weight is 546 g/mol. The first-order valence-corrected chi connectivity index (χ1v) is 9.79. The first kappa shape index (κ1) is 25.0. The van der Waals surface area contributed by atoms with Gasteiger partial charge in [0.25, 0.3) is 0 Å². The molecule has 11 heteroatoms.